The number of halogens is 2. The highest BCUT2D eigenvalue weighted by Gasteiger charge is 2.17. The molecule has 0 atom stereocenters. The molecule has 0 radical (unpaired) electrons. The van der Waals surface area contributed by atoms with E-state index in [0.717, 1.165) is 4.90 Å². The van der Waals surface area contributed by atoms with Crippen molar-refractivity contribution in [2.75, 3.05) is 13.1 Å². The molecule has 0 saturated heterocycles. The summed E-state index contributed by atoms with van der Waals surface area (Å²) in [5, 5.41) is 8.66. The van der Waals surface area contributed by atoms with Gasteiger partial charge in [0.25, 0.3) is 5.91 Å². The molecule has 1 rings (SSSR count). The van der Waals surface area contributed by atoms with E-state index in [-0.39, 0.29) is 17.9 Å². The van der Waals surface area contributed by atoms with Crippen LogP contribution in [0.4, 0.5) is 8.78 Å². The number of carboxylic acid groups (broad SMARTS) is 1. The molecule has 19 heavy (non-hydrogen) atoms. The predicted molar refractivity (Wildman–Crippen MR) is 62.3 cm³/mol. The van der Waals surface area contributed by atoms with Crippen LogP contribution in [0.3, 0.4) is 0 Å². The highest BCUT2D eigenvalue weighted by atomic mass is 19.3. The van der Waals surface area contributed by atoms with E-state index in [1.165, 1.54) is 24.3 Å². The number of carboxylic acids is 1. The first-order valence-electron chi connectivity index (χ1n) is 5.50. The van der Waals surface area contributed by atoms with Gasteiger partial charge in [0.2, 0.25) is 0 Å². The molecule has 0 aromatic heterocycles. The number of hydrogen-bond acceptors (Lipinski definition) is 3. The van der Waals surface area contributed by atoms with Crippen LogP contribution in [0.1, 0.15) is 17.3 Å². The van der Waals surface area contributed by atoms with Crippen LogP contribution in [0, 0.1) is 0 Å². The Balaban J connectivity index is 2.78. The van der Waals surface area contributed by atoms with Gasteiger partial charge in [-0.25, -0.2) is 0 Å². The van der Waals surface area contributed by atoms with Crippen molar-refractivity contribution in [3.63, 3.8) is 0 Å². The Morgan fingerprint density at radius 2 is 1.89 bits per heavy atom. The first-order chi connectivity index (χ1) is 8.93. The van der Waals surface area contributed by atoms with Crippen LogP contribution in [0.5, 0.6) is 5.75 Å². The summed E-state index contributed by atoms with van der Waals surface area (Å²) < 4.78 is 28.0. The highest BCUT2D eigenvalue weighted by molar-refractivity contribution is 5.95. The molecule has 104 valence electrons. The van der Waals surface area contributed by atoms with Crippen LogP contribution in [0.2, 0.25) is 0 Å². The fourth-order valence-electron chi connectivity index (χ4n) is 1.45. The number of amides is 1. The number of likely N-dealkylation sites (N-methyl/N-ethyl adjacent to an activating group) is 1. The van der Waals surface area contributed by atoms with Crippen LogP contribution in [-0.4, -0.2) is 41.6 Å². The van der Waals surface area contributed by atoms with Gasteiger partial charge in [-0.15, -0.1) is 0 Å². The molecule has 0 aliphatic rings. The minimum absolute atomic E-state index is 0.0622. The summed E-state index contributed by atoms with van der Waals surface area (Å²) in [5.74, 6) is -1.66. The topological polar surface area (TPSA) is 66.8 Å². The van der Waals surface area contributed by atoms with Gasteiger partial charge in [-0.2, -0.15) is 8.78 Å². The van der Waals surface area contributed by atoms with E-state index >= 15 is 0 Å². The first-order valence-corrected chi connectivity index (χ1v) is 5.50. The summed E-state index contributed by atoms with van der Waals surface area (Å²) in [5.41, 5.74) is 0.213. The lowest BCUT2D eigenvalue weighted by Crippen LogP contribution is -2.35. The SMILES string of the molecule is CCN(CC(=O)O)C(=O)c1ccc(OC(F)F)cc1. The summed E-state index contributed by atoms with van der Waals surface area (Å²) in [6.45, 7) is -1.46. The number of carbonyl (C=O) groups is 2. The Morgan fingerprint density at radius 1 is 1.32 bits per heavy atom. The van der Waals surface area contributed by atoms with E-state index < -0.39 is 25.0 Å². The van der Waals surface area contributed by atoms with Crippen LogP contribution < -0.4 is 4.74 Å². The zero-order chi connectivity index (χ0) is 14.4. The summed E-state index contributed by atoms with van der Waals surface area (Å²) in [7, 11) is 0. The predicted octanol–water partition coefficient (Wildman–Crippen LogP) is 1.83. The standard InChI is InChI=1S/C12H13F2NO4/c1-2-15(7-10(16)17)11(18)8-3-5-9(6-4-8)19-12(13)14/h3-6,12H,2,7H2,1H3,(H,16,17). The van der Waals surface area contributed by atoms with Crippen LogP contribution >= 0.6 is 0 Å². The number of ether oxygens (including phenoxy) is 1. The monoisotopic (exact) mass is 273 g/mol. The Labute approximate surface area is 108 Å². The van der Waals surface area contributed by atoms with E-state index in [9.17, 15) is 18.4 Å². The van der Waals surface area contributed by atoms with Crippen LogP contribution in [0.25, 0.3) is 0 Å². The van der Waals surface area contributed by atoms with E-state index in [2.05, 4.69) is 4.74 Å². The molecule has 0 aliphatic heterocycles. The zero-order valence-electron chi connectivity index (χ0n) is 10.2. The van der Waals surface area contributed by atoms with Gasteiger partial charge in [-0.05, 0) is 31.2 Å². The van der Waals surface area contributed by atoms with Gasteiger partial charge in [0.05, 0.1) is 0 Å². The van der Waals surface area contributed by atoms with Gasteiger partial charge in [0.1, 0.15) is 12.3 Å². The van der Waals surface area contributed by atoms with Crippen LogP contribution in [-0.2, 0) is 4.79 Å². The van der Waals surface area contributed by atoms with Crippen molar-refractivity contribution >= 4 is 11.9 Å². The maximum atomic E-state index is 11.9. The lowest BCUT2D eigenvalue weighted by atomic mass is 10.2. The number of rotatable bonds is 6. The Morgan fingerprint density at radius 3 is 2.32 bits per heavy atom. The quantitative estimate of drug-likeness (QED) is 0.858. The van der Waals surface area contributed by atoms with Gasteiger partial charge >= 0.3 is 12.6 Å². The molecule has 1 N–H and O–H groups in total. The second kappa shape index (κ2) is 6.67. The van der Waals surface area contributed by atoms with E-state index in [1.807, 2.05) is 0 Å². The number of alkyl halides is 2. The molecule has 5 nitrogen and oxygen atoms in total. The molecule has 0 heterocycles. The fraction of sp³-hybridized carbons (Fsp3) is 0.333. The molecule has 0 bridgehead atoms. The molecule has 1 amide bonds. The average molecular weight is 273 g/mol. The normalized spacial score (nSPS) is 10.3. The molecule has 0 saturated carbocycles. The van der Waals surface area contributed by atoms with Crippen molar-refractivity contribution in [3.8, 4) is 5.75 Å². The van der Waals surface area contributed by atoms with Crippen molar-refractivity contribution in [1.82, 2.24) is 4.90 Å². The second-order valence-electron chi connectivity index (χ2n) is 3.62. The molecule has 7 heteroatoms. The van der Waals surface area contributed by atoms with E-state index in [1.54, 1.807) is 6.92 Å². The highest BCUT2D eigenvalue weighted by Crippen LogP contribution is 2.16. The zero-order valence-corrected chi connectivity index (χ0v) is 10.2. The number of nitrogens with zero attached hydrogens (tertiary/aromatic N) is 1. The van der Waals surface area contributed by atoms with Gasteiger partial charge in [0.15, 0.2) is 0 Å². The maximum Gasteiger partial charge on any atom is 0.387 e. The lowest BCUT2D eigenvalue weighted by molar-refractivity contribution is -0.137. The van der Waals surface area contributed by atoms with Gasteiger partial charge in [0, 0.05) is 12.1 Å². The minimum Gasteiger partial charge on any atom is -0.480 e. The van der Waals surface area contributed by atoms with Crippen molar-refractivity contribution in [3.05, 3.63) is 29.8 Å². The maximum absolute atomic E-state index is 11.9. The minimum atomic E-state index is -2.93. The number of benzene rings is 1. The molecule has 0 spiro atoms. The number of aliphatic carboxylic acids is 1. The summed E-state index contributed by atoms with van der Waals surface area (Å²) in [4.78, 5) is 23.6. The summed E-state index contributed by atoms with van der Waals surface area (Å²) in [6, 6.07) is 5.08. The van der Waals surface area contributed by atoms with E-state index in [0.29, 0.717) is 0 Å². The van der Waals surface area contributed by atoms with Gasteiger partial charge in [-0.1, -0.05) is 0 Å². The van der Waals surface area contributed by atoms with E-state index in [4.69, 9.17) is 5.11 Å². The Hall–Kier alpha value is -2.18. The molecular weight excluding hydrogens is 260 g/mol. The summed E-state index contributed by atoms with van der Waals surface area (Å²) >= 11 is 0. The lowest BCUT2D eigenvalue weighted by Gasteiger charge is -2.18. The molecule has 0 unspecified atom stereocenters. The fourth-order valence-corrected chi connectivity index (χ4v) is 1.45. The molecule has 0 aliphatic carbocycles. The number of hydrogen-bond donors (Lipinski definition) is 1. The smallest absolute Gasteiger partial charge is 0.387 e. The Bertz CT molecular complexity index is 448. The largest absolute Gasteiger partial charge is 0.480 e. The first kappa shape index (κ1) is 14.9. The second-order valence-corrected chi connectivity index (χ2v) is 3.62. The molecule has 0 fully saturated rings. The van der Waals surface area contributed by atoms with Crippen LogP contribution in [0.15, 0.2) is 24.3 Å². The van der Waals surface area contributed by atoms with Gasteiger partial charge < -0.3 is 14.7 Å². The van der Waals surface area contributed by atoms with Gasteiger partial charge in [-0.3, -0.25) is 9.59 Å². The summed E-state index contributed by atoms with van der Waals surface area (Å²) in [6.07, 6.45) is 0. The van der Waals surface area contributed by atoms with Crippen molar-refractivity contribution in [2.45, 2.75) is 13.5 Å². The molecule has 1 aromatic carbocycles. The molecular formula is C12H13F2NO4. The third-order valence-corrected chi connectivity index (χ3v) is 2.32. The average Bonchev–Trinajstić information content (AvgIpc) is 2.35. The Kier molecular flexibility index (Phi) is 5.23. The third-order valence-electron chi connectivity index (χ3n) is 2.32. The molecule has 1 aromatic rings. The van der Waals surface area contributed by atoms with Crippen molar-refractivity contribution < 1.29 is 28.2 Å². The third kappa shape index (κ3) is 4.53. The number of carbonyl (C=O) groups excluding carboxylic acids is 1. The van der Waals surface area contributed by atoms with Crippen molar-refractivity contribution in [2.24, 2.45) is 0 Å². The van der Waals surface area contributed by atoms with Crippen molar-refractivity contribution in [1.29, 1.82) is 0 Å².